The van der Waals surface area contributed by atoms with Crippen LogP contribution in [0.25, 0.3) is 0 Å². The summed E-state index contributed by atoms with van der Waals surface area (Å²) in [7, 11) is 0. The molecule has 1 aliphatic heterocycles. The Bertz CT molecular complexity index is 3230. The van der Waals surface area contributed by atoms with Gasteiger partial charge in [0.15, 0.2) is 5.96 Å². The number of carboxylic acids is 3. The standard InChI is InChI=1S/C63H107N21O24/c1-28(2)21-36(78-56(101)39(24-45(67)89)80-55(100)37(22-29(3)4)79-58(103)41(27-85)83-60(105)49(68)31(6)86)54(99)76-34(14-16-43(65)87)53(98)75-33(11-7-8-18-64)52(97)81-40(25-48(93)94)57(102)77-35(15-17-47(91)92)61(106)84-20-10-13-42(84)59(104)82-38(23-44(66)88)50(95)72-26-46(90)74-32(12-9-19-71-63(69)70)51(96)73-30(5)62(107)108/h28-42,49,85-86H,7-27,64,68H2,1-6H3,(H2,65,87)(H2,66,88)(H2,67,89)(H,72,95)(H,73,96)(H,74,90)(H,75,98)(H,76,99)(H,77,102)(H,78,101)(H,79,103)(H,80,100)(H,81,97)(H,82,104)(H,83,105)(H,91,92)(H,93,94)(H,107,108)(H4,69,70,71)/t30-,31+,32-,33-,34-,35-,36-,37-,38-,39-,40-,41-,42-,49-/m0/s1. The number of carbonyl (C=O) groups is 19. The lowest BCUT2D eigenvalue weighted by Gasteiger charge is -2.30. The predicted octanol–water partition coefficient (Wildman–Crippen LogP) is -11.1. The Morgan fingerprint density at radius 3 is 1.35 bits per heavy atom. The molecule has 14 atom stereocenters. The highest BCUT2D eigenvalue weighted by Gasteiger charge is 2.42. The van der Waals surface area contributed by atoms with Crippen LogP contribution in [0.15, 0.2) is 4.99 Å². The van der Waals surface area contributed by atoms with Gasteiger partial charge in [0.05, 0.1) is 38.5 Å². The number of nitrogens with zero attached hydrogens (tertiary/aromatic N) is 2. The van der Waals surface area contributed by atoms with Crippen LogP contribution in [0.1, 0.15) is 144 Å². The molecule has 0 radical (unpaired) electrons. The zero-order valence-corrected chi connectivity index (χ0v) is 61.0. The summed E-state index contributed by atoms with van der Waals surface area (Å²) in [6.07, 6.45) is -7.72. The fraction of sp³-hybridized carbons (Fsp3) is 0.683. The Labute approximate surface area is 620 Å². The first-order valence-corrected chi connectivity index (χ1v) is 34.7. The smallest absolute Gasteiger partial charge is 0.325 e. The molecular weight excluding hydrogens is 1430 g/mol. The lowest BCUT2D eigenvalue weighted by Crippen LogP contribution is -2.61. The number of amides is 16. The molecule has 0 saturated carbocycles. The highest BCUT2D eigenvalue weighted by Crippen LogP contribution is 2.21. The van der Waals surface area contributed by atoms with Crippen LogP contribution in [0.2, 0.25) is 0 Å². The number of aliphatic hydroxyl groups excluding tert-OH is 2. The Kier molecular flexibility index (Phi) is 42.5. The molecule has 1 rings (SSSR count). The van der Waals surface area contributed by atoms with Crippen molar-refractivity contribution in [3.63, 3.8) is 0 Å². The maximum Gasteiger partial charge on any atom is 0.325 e. The van der Waals surface area contributed by atoms with E-state index < -0.39 is 261 Å². The molecule has 0 aromatic carbocycles. The van der Waals surface area contributed by atoms with E-state index in [9.17, 15) is 117 Å². The number of carboxylic acid groups (broad SMARTS) is 3. The molecular formula is C63H107N21O24. The maximum absolute atomic E-state index is 14.5. The second kappa shape index (κ2) is 48.3. The van der Waals surface area contributed by atoms with Crippen LogP contribution in [-0.2, 0) is 91.1 Å². The van der Waals surface area contributed by atoms with E-state index in [4.69, 9.17) is 40.1 Å². The number of aliphatic hydroxyl groups is 2. The molecule has 1 fully saturated rings. The van der Waals surface area contributed by atoms with Crippen molar-refractivity contribution in [3.8, 4) is 0 Å². The van der Waals surface area contributed by atoms with E-state index in [1.165, 1.54) is 6.92 Å². The van der Waals surface area contributed by atoms with Crippen LogP contribution >= 0.6 is 0 Å². The molecule has 1 aliphatic rings. The van der Waals surface area contributed by atoms with E-state index in [0.717, 1.165) is 11.8 Å². The van der Waals surface area contributed by atoms with Gasteiger partial charge in [-0.15, -0.1) is 0 Å². The molecule has 0 aromatic heterocycles. The summed E-state index contributed by atoms with van der Waals surface area (Å²) in [6, 6.07) is -22.0. The highest BCUT2D eigenvalue weighted by molar-refractivity contribution is 6.02. The van der Waals surface area contributed by atoms with Gasteiger partial charge in [0.1, 0.15) is 78.5 Å². The van der Waals surface area contributed by atoms with E-state index >= 15 is 0 Å². The van der Waals surface area contributed by atoms with E-state index in [2.05, 4.69) is 68.8 Å². The lowest BCUT2D eigenvalue weighted by molar-refractivity contribution is -0.144. The third-order valence-corrected chi connectivity index (χ3v) is 16.1. The van der Waals surface area contributed by atoms with E-state index in [1.807, 2.05) is 0 Å². The summed E-state index contributed by atoms with van der Waals surface area (Å²) in [6.45, 7) is 6.74. The lowest BCUT2D eigenvalue weighted by atomic mass is 10.00. The topological polar surface area (TPSA) is 768 Å². The summed E-state index contributed by atoms with van der Waals surface area (Å²) in [5.41, 5.74) is 38.4. The van der Waals surface area contributed by atoms with Gasteiger partial charge in [-0.05, 0) is 103 Å². The van der Waals surface area contributed by atoms with Crippen LogP contribution in [0.4, 0.5) is 0 Å². The van der Waals surface area contributed by atoms with Gasteiger partial charge in [-0.3, -0.25) is 96.1 Å². The number of nitrogens with two attached hydrogens (primary N) is 7. The molecule has 1 saturated heterocycles. The normalized spacial score (nSPS) is 16.1. The van der Waals surface area contributed by atoms with E-state index in [1.54, 1.807) is 27.7 Å². The molecule has 0 bridgehead atoms. The number of carbonyl (C=O) groups excluding carboxylic acids is 16. The van der Waals surface area contributed by atoms with Crippen molar-refractivity contribution in [3.05, 3.63) is 0 Å². The average molecular weight is 1540 g/mol. The molecule has 45 heteroatoms. The summed E-state index contributed by atoms with van der Waals surface area (Å²) in [5, 5.41) is 76.1. The number of hydrogen-bond acceptors (Lipinski definition) is 24. The number of unbranched alkanes of at least 4 members (excludes halogenated alkanes) is 1. The monoisotopic (exact) mass is 1540 g/mol. The van der Waals surface area contributed by atoms with Crippen molar-refractivity contribution in [2.24, 2.45) is 57.0 Å². The molecule has 0 aromatic rings. The number of hydrogen-bond donors (Lipinski definition) is 24. The molecule has 108 heavy (non-hydrogen) atoms. The Balaban J connectivity index is 3.62. The maximum atomic E-state index is 14.5. The Hall–Kier alpha value is -11.0. The second-order valence-corrected chi connectivity index (χ2v) is 26.5. The van der Waals surface area contributed by atoms with Gasteiger partial charge in [0.2, 0.25) is 94.5 Å². The zero-order valence-electron chi connectivity index (χ0n) is 61.0. The van der Waals surface area contributed by atoms with Crippen molar-refractivity contribution in [2.45, 2.75) is 229 Å². The number of likely N-dealkylation sites (tertiary alicyclic amines) is 1. The number of rotatable bonds is 52. The van der Waals surface area contributed by atoms with Crippen molar-refractivity contribution in [2.75, 3.05) is 32.8 Å². The first-order valence-electron chi connectivity index (χ1n) is 34.7. The summed E-state index contributed by atoms with van der Waals surface area (Å²) < 4.78 is 0. The molecule has 31 N–H and O–H groups in total. The van der Waals surface area contributed by atoms with Gasteiger partial charge >= 0.3 is 17.9 Å². The van der Waals surface area contributed by atoms with Crippen molar-refractivity contribution in [1.29, 1.82) is 0 Å². The SMILES string of the molecule is CC(C)C[C@H](NC(=O)[C@H](CC(N)=O)NC(=O)[C@H](CC(C)C)NC(=O)[C@H](CO)NC(=O)[C@@H](N)[C@@H](C)O)C(=O)N[C@@H](CCC(N)=O)C(=O)N[C@@H](CCCCN)C(=O)N[C@@H](CC(=O)O)C(=O)N[C@@H](CCC(=O)O)C(=O)N1CCC[C@H]1C(=O)N[C@@H](CC(N)=O)C(=O)NCC(=O)N[C@@H](CCCN=C(N)N)C(=O)N[C@@H](C)C(=O)O. The van der Waals surface area contributed by atoms with Gasteiger partial charge in [0.25, 0.3) is 0 Å². The largest absolute Gasteiger partial charge is 0.481 e. The first-order chi connectivity index (χ1) is 50.4. The van der Waals surface area contributed by atoms with Gasteiger partial charge in [-0.1, -0.05) is 27.7 Å². The minimum absolute atomic E-state index is 0.00367. The number of primary amides is 3. The van der Waals surface area contributed by atoms with Crippen LogP contribution in [0.5, 0.6) is 0 Å². The molecule has 608 valence electrons. The van der Waals surface area contributed by atoms with Crippen molar-refractivity contribution < 1.29 is 117 Å². The molecule has 0 unspecified atom stereocenters. The van der Waals surface area contributed by atoms with Gasteiger partial charge < -0.3 is 134 Å². The number of aliphatic carboxylic acids is 3. The first kappa shape index (κ1) is 95.1. The molecule has 0 aliphatic carbocycles. The van der Waals surface area contributed by atoms with Crippen LogP contribution in [0, 0.1) is 11.8 Å². The molecule has 1 heterocycles. The average Bonchev–Trinajstić information content (AvgIpc) is 1.65. The van der Waals surface area contributed by atoms with Crippen molar-refractivity contribution >= 4 is 118 Å². The van der Waals surface area contributed by atoms with Crippen molar-refractivity contribution in [1.82, 2.24) is 68.7 Å². The summed E-state index contributed by atoms with van der Waals surface area (Å²) in [4.78, 5) is 257. The third-order valence-electron chi connectivity index (χ3n) is 16.1. The quantitative estimate of drug-likeness (QED) is 0.0153. The van der Waals surface area contributed by atoms with Gasteiger partial charge in [-0.25, -0.2) is 0 Å². The fourth-order valence-electron chi connectivity index (χ4n) is 10.5. The highest BCUT2D eigenvalue weighted by atomic mass is 16.4. The third kappa shape index (κ3) is 36.4. The number of nitrogens with one attached hydrogen (secondary N) is 12. The van der Waals surface area contributed by atoms with Gasteiger partial charge in [0, 0.05) is 25.9 Å². The van der Waals surface area contributed by atoms with Gasteiger partial charge in [-0.2, -0.15) is 0 Å². The number of aliphatic imine (C=N–C) groups is 1. The predicted molar refractivity (Wildman–Crippen MR) is 376 cm³/mol. The fourth-order valence-corrected chi connectivity index (χ4v) is 10.5. The summed E-state index contributed by atoms with van der Waals surface area (Å²) >= 11 is 0. The van der Waals surface area contributed by atoms with Crippen LogP contribution in [-0.4, -0.2) is 266 Å². The van der Waals surface area contributed by atoms with Crippen LogP contribution in [0.3, 0.4) is 0 Å². The van der Waals surface area contributed by atoms with E-state index in [0.29, 0.717) is 0 Å². The number of guanidine groups is 1. The summed E-state index contributed by atoms with van der Waals surface area (Å²) in [5.74, 6) is -23.8. The minimum atomic E-state index is -2.15. The molecule has 0 spiro atoms. The molecule has 45 nitrogen and oxygen atoms in total. The minimum Gasteiger partial charge on any atom is -0.481 e. The molecule has 16 amide bonds. The van der Waals surface area contributed by atoms with E-state index in [-0.39, 0.29) is 89.3 Å². The second-order valence-electron chi connectivity index (χ2n) is 26.5. The van der Waals surface area contributed by atoms with Crippen LogP contribution < -0.4 is 104 Å². The zero-order chi connectivity index (χ0) is 82.4. The Morgan fingerprint density at radius 2 is 0.889 bits per heavy atom. The Morgan fingerprint density at radius 1 is 0.463 bits per heavy atom.